The normalized spacial score (nSPS) is 15.1. The highest BCUT2D eigenvalue weighted by molar-refractivity contribution is 9.10. The number of hydrogen-bond acceptors (Lipinski definition) is 5. The van der Waals surface area contributed by atoms with Gasteiger partial charge in [0, 0.05) is 48.7 Å². The first-order valence-electron chi connectivity index (χ1n) is 9.04. The number of piperazine rings is 1. The monoisotopic (exact) mass is 463 g/mol. The Morgan fingerprint density at radius 1 is 1.21 bits per heavy atom. The SMILES string of the molecule is CC(C=O)c1ccc(N2CCN(C(=O)c3cc([N+](=O)[O-])ccc3Br)CC2)c(F)c1. The zero-order chi connectivity index (χ0) is 21.1. The van der Waals surface area contributed by atoms with E-state index < -0.39 is 10.7 Å². The van der Waals surface area contributed by atoms with E-state index in [1.54, 1.807) is 24.0 Å². The lowest BCUT2D eigenvalue weighted by atomic mass is 10.0. The summed E-state index contributed by atoms with van der Waals surface area (Å²) in [4.78, 5) is 37.6. The van der Waals surface area contributed by atoms with Crippen LogP contribution < -0.4 is 4.90 Å². The average molecular weight is 464 g/mol. The quantitative estimate of drug-likeness (QED) is 0.382. The Morgan fingerprint density at radius 2 is 1.90 bits per heavy atom. The van der Waals surface area contributed by atoms with Crippen molar-refractivity contribution in [3.8, 4) is 0 Å². The van der Waals surface area contributed by atoms with E-state index in [1.165, 1.54) is 24.3 Å². The lowest BCUT2D eigenvalue weighted by molar-refractivity contribution is -0.384. The summed E-state index contributed by atoms with van der Waals surface area (Å²) in [6.45, 7) is 3.28. The molecule has 0 N–H and O–H groups in total. The molecule has 0 aromatic heterocycles. The molecule has 152 valence electrons. The van der Waals surface area contributed by atoms with Gasteiger partial charge in [0.2, 0.25) is 0 Å². The Morgan fingerprint density at radius 3 is 2.48 bits per heavy atom. The topological polar surface area (TPSA) is 83.8 Å². The van der Waals surface area contributed by atoms with E-state index in [-0.39, 0.29) is 23.1 Å². The van der Waals surface area contributed by atoms with Crippen LogP contribution in [0.5, 0.6) is 0 Å². The van der Waals surface area contributed by atoms with E-state index in [1.807, 2.05) is 4.90 Å². The van der Waals surface area contributed by atoms with Crippen molar-refractivity contribution in [3.63, 3.8) is 0 Å². The Kier molecular flexibility index (Phi) is 6.26. The van der Waals surface area contributed by atoms with Gasteiger partial charge >= 0.3 is 0 Å². The van der Waals surface area contributed by atoms with Crippen LogP contribution >= 0.6 is 15.9 Å². The van der Waals surface area contributed by atoms with Crippen LogP contribution in [0, 0.1) is 15.9 Å². The summed E-state index contributed by atoms with van der Waals surface area (Å²) in [6.07, 6.45) is 0.769. The molecule has 1 saturated heterocycles. The summed E-state index contributed by atoms with van der Waals surface area (Å²) < 4.78 is 15.0. The van der Waals surface area contributed by atoms with Crippen LogP contribution in [0.2, 0.25) is 0 Å². The molecule has 1 fully saturated rings. The molecule has 7 nitrogen and oxygen atoms in total. The third-order valence-electron chi connectivity index (χ3n) is 5.00. The predicted octanol–water partition coefficient (Wildman–Crippen LogP) is 3.76. The third-order valence-corrected chi connectivity index (χ3v) is 5.69. The molecule has 9 heteroatoms. The molecule has 1 unspecified atom stereocenters. The van der Waals surface area contributed by atoms with Gasteiger partial charge < -0.3 is 14.6 Å². The van der Waals surface area contributed by atoms with Gasteiger partial charge in [-0.1, -0.05) is 13.0 Å². The van der Waals surface area contributed by atoms with Crippen LogP contribution in [0.25, 0.3) is 0 Å². The van der Waals surface area contributed by atoms with Crippen molar-refractivity contribution in [2.45, 2.75) is 12.8 Å². The van der Waals surface area contributed by atoms with Gasteiger partial charge in [-0.25, -0.2) is 4.39 Å². The maximum Gasteiger partial charge on any atom is 0.270 e. The zero-order valence-electron chi connectivity index (χ0n) is 15.7. The van der Waals surface area contributed by atoms with Crippen LogP contribution in [0.4, 0.5) is 15.8 Å². The van der Waals surface area contributed by atoms with Crippen LogP contribution in [0.15, 0.2) is 40.9 Å². The van der Waals surface area contributed by atoms with E-state index in [9.17, 15) is 24.1 Å². The van der Waals surface area contributed by atoms with Crippen molar-refractivity contribution in [1.82, 2.24) is 4.90 Å². The van der Waals surface area contributed by atoms with E-state index >= 15 is 0 Å². The average Bonchev–Trinajstić information content (AvgIpc) is 2.73. The van der Waals surface area contributed by atoms with E-state index in [4.69, 9.17) is 0 Å². The first-order valence-corrected chi connectivity index (χ1v) is 9.84. The molecule has 0 bridgehead atoms. The van der Waals surface area contributed by atoms with Gasteiger partial charge in [-0.3, -0.25) is 14.9 Å². The molecule has 1 atom stereocenters. The van der Waals surface area contributed by atoms with Crippen molar-refractivity contribution < 1.29 is 18.9 Å². The molecule has 3 rings (SSSR count). The van der Waals surface area contributed by atoms with Gasteiger partial charge in [0.05, 0.1) is 16.2 Å². The van der Waals surface area contributed by atoms with Crippen molar-refractivity contribution in [1.29, 1.82) is 0 Å². The fraction of sp³-hybridized carbons (Fsp3) is 0.300. The molecule has 2 aromatic rings. The van der Waals surface area contributed by atoms with Crippen LogP contribution in [0.1, 0.15) is 28.8 Å². The number of amides is 1. The van der Waals surface area contributed by atoms with Crippen molar-refractivity contribution >= 4 is 39.5 Å². The number of nitrogens with zero attached hydrogens (tertiary/aromatic N) is 3. The summed E-state index contributed by atoms with van der Waals surface area (Å²) in [5.74, 6) is -1.09. The summed E-state index contributed by atoms with van der Waals surface area (Å²) in [7, 11) is 0. The second-order valence-corrected chi connectivity index (χ2v) is 7.69. The number of anilines is 1. The summed E-state index contributed by atoms with van der Waals surface area (Å²) in [5.41, 5.74) is 1.12. The largest absolute Gasteiger partial charge is 0.366 e. The minimum Gasteiger partial charge on any atom is -0.366 e. The van der Waals surface area contributed by atoms with E-state index in [2.05, 4.69) is 15.9 Å². The minimum atomic E-state index is -0.543. The highest BCUT2D eigenvalue weighted by Gasteiger charge is 2.26. The Labute approximate surface area is 175 Å². The first-order chi connectivity index (χ1) is 13.8. The van der Waals surface area contributed by atoms with Crippen LogP contribution in [-0.4, -0.2) is 48.2 Å². The molecule has 29 heavy (non-hydrogen) atoms. The number of carbonyl (C=O) groups excluding carboxylic acids is 2. The molecule has 2 aromatic carbocycles. The van der Waals surface area contributed by atoms with Gasteiger partial charge in [-0.05, 0) is 39.7 Å². The molecule has 1 aliphatic rings. The number of hydrogen-bond donors (Lipinski definition) is 0. The predicted molar refractivity (Wildman–Crippen MR) is 110 cm³/mol. The number of benzene rings is 2. The number of non-ortho nitro benzene ring substituents is 1. The summed E-state index contributed by atoms with van der Waals surface area (Å²) in [6, 6.07) is 8.82. The summed E-state index contributed by atoms with van der Waals surface area (Å²) >= 11 is 3.27. The smallest absolute Gasteiger partial charge is 0.270 e. The fourth-order valence-electron chi connectivity index (χ4n) is 3.25. The highest BCUT2D eigenvalue weighted by atomic mass is 79.9. The Bertz CT molecular complexity index is 961. The number of carbonyl (C=O) groups is 2. The van der Waals surface area contributed by atoms with Crippen molar-refractivity contribution in [2.75, 3.05) is 31.1 Å². The maximum atomic E-state index is 14.5. The number of nitro benzene ring substituents is 1. The van der Waals surface area contributed by atoms with Gasteiger partial charge in [0.15, 0.2) is 0 Å². The number of aldehydes is 1. The lowest BCUT2D eigenvalue weighted by Gasteiger charge is -2.36. The van der Waals surface area contributed by atoms with E-state index in [0.717, 1.165) is 6.29 Å². The number of nitro groups is 1. The van der Waals surface area contributed by atoms with Crippen LogP contribution in [-0.2, 0) is 4.79 Å². The molecular weight excluding hydrogens is 445 g/mol. The standard InChI is InChI=1S/C20H19BrFN3O4/c1-13(12-26)14-2-5-19(18(22)10-14)23-6-8-24(9-7-23)20(27)16-11-15(25(28)29)3-4-17(16)21/h2-5,10-13H,6-9H2,1H3. The number of rotatable bonds is 5. The molecule has 0 aliphatic carbocycles. The highest BCUT2D eigenvalue weighted by Crippen LogP contribution is 2.27. The van der Waals surface area contributed by atoms with Crippen LogP contribution in [0.3, 0.4) is 0 Å². The van der Waals surface area contributed by atoms with Gasteiger partial charge in [-0.15, -0.1) is 0 Å². The fourth-order valence-corrected chi connectivity index (χ4v) is 3.67. The zero-order valence-corrected chi connectivity index (χ0v) is 17.3. The second-order valence-electron chi connectivity index (χ2n) is 6.84. The molecular formula is C20H19BrFN3O4. The van der Waals surface area contributed by atoms with Crippen molar-refractivity contribution in [3.05, 3.63) is 67.9 Å². The molecule has 0 saturated carbocycles. The Balaban J connectivity index is 1.71. The second kappa shape index (κ2) is 8.69. The maximum absolute atomic E-state index is 14.5. The molecule has 1 heterocycles. The first kappa shape index (κ1) is 20.9. The van der Waals surface area contributed by atoms with Gasteiger partial charge in [-0.2, -0.15) is 0 Å². The van der Waals surface area contributed by atoms with Gasteiger partial charge in [0.25, 0.3) is 11.6 Å². The van der Waals surface area contributed by atoms with E-state index in [0.29, 0.717) is 41.9 Å². The van der Waals surface area contributed by atoms with Gasteiger partial charge in [0.1, 0.15) is 12.1 Å². The molecule has 0 spiro atoms. The Hall–Kier alpha value is -2.81. The van der Waals surface area contributed by atoms with Crippen molar-refractivity contribution in [2.24, 2.45) is 0 Å². The number of halogens is 2. The molecule has 1 amide bonds. The molecule has 0 radical (unpaired) electrons. The third kappa shape index (κ3) is 4.45. The summed E-state index contributed by atoms with van der Waals surface area (Å²) in [5, 5.41) is 11.0. The lowest BCUT2D eigenvalue weighted by Crippen LogP contribution is -2.49. The minimum absolute atomic E-state index is 0.151. The molecule has 1 aliphatic heterocycles.